The maximum absolute atomic E-state index is 12.7. The molecule has 0 aliphatic rings. The number of allylic oxidation sites excluding steroid dienone is 19. The van der Waals surface area contributed by atoms with E-state index in [0.29, 0.717) is 17.4 Å². The third kappa shape index (κ3) is 40.9. The molecule has 0 aromatic carbocycles. The van der Waals surface area contributed by atoms with E-state index in [-0.39, 0.29) is 18.9 Å². The molecule has 9 heteroatoms. The van der Waals surface area contributed by atoms with E-state index in [4.69, 9.17) is 9.05 Å². The average Bonchev–Trinajstić information content (AvgIpc) is 3.16. The number of carbonyl (C=O) groups is 1. The Morgan fingerprint density at radius 2 is 1.07 bits per heavy atom. The zero-order valence-corrected chi connectivity index (χ0v) is 37.1. The van der Waals surface area contributed by atoms with Crippen LogP contribution in [-0.2, 0) is 18.4 Å². The van der Waals surface area contributed by atoms with Gasteiger partial charge in [-0.3, -0.25) is 9.36 Å². The number of unbranched alkanes of at least 4 members (excludes halogenated alkanes) is 5. The molecular formula is C48H79N2O6P. The Kier molecular flexibility index (Phi) is 36.3. The minimum atomic E-state index is -4.60. The van der Waals surface area contributed by atoms with Crippen molar-refractivity contribution in [2.24, 2.45) is 0 Å². The number of amides is 1. The fourth-order valence-electron chi connectivity index (χ4n) is 5.03. The van der Waals surface area contributed by atoms with Crippen molar-refractivity contribution in [3.63, 3.8) is 0 Å². The first-order valence-electron chi connectivity index (χ1n) is 21.4. The summed E-state index contributed by atoms with van der Waals surface area (Å²) in [7, 11) is 1.19. The molecule has 0 aliphatic carbocycles. The molecule has 1 amide bonds. The summed E-state index contributed by atoms with van der Waals surface area (Å²) >= 11 is 0. The number of quaternary nitrogens is 1. The monoisotopic (exact) mass is 811 g/mol. The van der Waals surface area contributed by atoms with E-state index in [1.54, 1.807) is 6.08 Å². The largest absolute Gasteiger partial charge is 0.756 e. The number of rotatable bonds is 36. The number of hydrogen-bond donors (Lipinski definition) is 2. The van der Waals surface area contributed by atoms with Gasteiger partial charge in [-0.05, 0) is 83.5 Å². The average molecular weight is 811 g/mol. The highest BCUT2D eigenvalue weighted by atomic mass is 31.2. The first kappa shape index (κ1) is 53.9. The molecule has 322 valence electrons. The lowest BCUT2D eigenvalue weighted by Crippen LogP contribution is -2.45. The van der Waals surface area contributed by atoms with Crippen LogP contribution in [0.1, 0.15) is 123 Å². The molecule has 57 heavy (non-hydrogen) atoms. The van der Waals surface area contributed by atoms with Crippen LogP contribution < -0.4 is 10.2 Å². The second-order valence-corrected chi connectivity index (χ2v) is 16.4. The normalized spacial score (nSPS) is 15.6. The zero-order valence-electron chi connectivity index (χ0n) is 36.2. The molecule has 0 spiro atoms. The molecule has 0 fully saturated rings. The minimum Gasteiger partial charge on any atom is -0.756 e. The van der Waals surface area contributed by atoms with E-state index in [1.165, 1.54) is 0 Å². The smallest absolute Gasteiger partial charge is 0.268 e. The molecule has 0 heterocycles. The van der Waals surface area contributed by atoms with E-state index in [2.05, 4.69) is 129 Å². The standard InChI is InChI=1S/C48H79N2O6P/c1-6-8-10-12-14-15-16-17-18-19-20-21-22-23-24-25-26-27-28-29-30-31-32-33-34-35-36-38-40-42-48(52)49-46(47(51)41-39-37-13-11-9-7-2)45-56-57(53,54)55-44-43-50(3,4)5/h8,10,14-15,17-18,20-21,23-24,26-27,29-30,32-33,35-36,39,41,46-47,51H,6-7,9,11-13,16,19,22,25,28,31,34,37-38,40,42-45H2,1-5H3,(H-,49,52,53,54)/b10-8-,15-14-,18-17-,21-20-,24-23-,27-26-,30-29-,33-32-,36-35-,41-39+. The predicted molar refractivity (Wildman–Crippen MR) is 242 cm³/mol. The molecule has 0 aromatic rings. The van der Waals surface area contributed by atoms with Gasteiger partial charge in [-0.1, -0.05) is 155 Å². The molecule has 2 N–H and O–H groups in total. The van der Waals surface area contributed by atoms with Crippen LogP contribution in [0.15, 0.2) is 122 Å². The maximum Gasteiger partial charge on any atom is 0.268 e. The van der Waals surface area contributed by atoms with Crippen molar-refractivity contribution < 1.29 is 32.9 Å². The van der Waals surface area contributed by atoms with Gasteiger partial charge in [-0.25, -0.2) is 0 Å². The van der Waals surface area contributed by atoms with Crippen LogP contribution in [0.5, 0.6) is 0 Å². The number of aliphatic hydroxyl groups excluding tert-OH is 1. The Morgan fingerprint density at radius 3 is 1.51 bits per heavy atom. The lowest BCUT2D eigenvalue weighted by Gasteiger charge is -2.29. The number of aliphatic hydroxyl groups is 1. The lowest BCUT2D eigenvalue weighted by atomic mass is 10.1. The fourth-order valence-corrected chi connectivity index (χ4v) is 5.75. The molecule has 0 saturated carbocycles. The highest BCUT2D eigenvalue weighted by molar-refractivity contribution is 7.45. The molecule has 0 rings (SSSR count). The summed E-state index contributed by atoms with van der Waals surface area (Å²) in [4.78, 5) is 25.1. The van der Waals surface area contributed by atoms with Gasteiger partial charge in [0, 0.05) is 6.42 Å². The van der Waals surface area contributed by atoms with Gasteiger partial charge in [0.15, 0.2) is 0 Å². The minimum absolute atomic E-state index is 0.0202. The molecule has 3 atom stereocenters. The van der Waals surface area contributed by atoms with Gasteiger partial charge in [0.05, 0.1) is 39.9 Å². The van der Waals surface area contributed by atoms with Gasteiger partial charge in [0.2, 0.25) is 5.91 Å². The van der Waals surface area contributed by atoms with Gasteiger partial charge < -0.3 is 28.8 Å². The molecule has 8 nitrogen and oxygen atoms in total. The van der Waals surface area contributed by atoms with Crippen molar-refractivity contribution in [1.82, 2.24) is 5.32 Å². The third-order valence-corrected chi connectivity index (χ3v) is 9.39. The molecule has 0 aliphatic heterocycles. The van der Waals surface area contributed by atoms with Crippen molar-refractivity contribution in [2.75, 3.05) is 40.9 Å². The summed E-state index contributed by atoms with van der Waals surface area (Å²) in [5.74, 6) is -0.269. The number of likely N-dealkylation sites (N-methyl/N-ethyl adjacent to an activating group) is 1. The first-order chi connectivity index (χ1) is 27.5. The quantitative estimate of drug-likeness (QED) is 0.0282. The van der Waals surface area contributed by atoms with Crippen LogP contribution >= 0.6 is 7.82 Å². The maximum atomic E-state index is 12.7. The van der Waals surface area contributed by atoms with E-state index in [0.717, 1.165) is 96.3 Å². The van der Waals surface area contributed by atoms with E-state index in [9.17, 15) is 19.4 Å². The Morgan fingerprint density at radius 1 is 0.632 bits per heavy atom. The highest BCUT2D eigenvalue weighted by Crippen LogP contribution is 2.38. The number of nitrogens with one attached hydrogen (secondary N) is 1. The van der Waals surface area contributed by atoms with Crippen molar-refractivity contribution in [3.05, 3.63) is 122 Å². The lowest BCUT2D eigenvalue weighted by molar-refractivity contribution is -0.870. The van der Waals surface area contributed by atoms with E-state index < -0.39 is 26.6 Å². The predicted octanol–water partition coefficient (Wildman–Crippen LogP) is 11.3. The Bertz CT molecular complexity index is 1330. The number of hydrogen-bond acceptors (Lipinski definition) is 6. The number of carbonyl (C=O) groups excluding carboxylic acids is 1. The van der Waals surface area contributed by atoms with Crippen LogP contribution in [0, 0.1) is 0 Å². The zero-order chi connectivity index (χ0) is 42.1. The van der Waals surface area contributed by atoms with Gasteiger partial charge in [0.25, 0.3) is 7.82 Å². The SMILES string of the molecule is CC/C=C\C/C=C\C/C=C\C/C=C\C/C=C\C/C=C\C/C=C\C/C=C\C/C=C\CCCC(=O)NC(COP(=O)([O-])OCC[N+](C)(C)C)C(O)/C=C/CCCCCC. The summed E-state index contributed by atoms with van der Waals surface area (Å²) in [6.07, 6.45) is 57.2. The van der Waals surface area contributed by atoms with Gasteiger partial charge in [0.1, 0.15) is 13.2 Å². The van der Waals surface area contributed by atoms with Crippen LogP contribution in [0.2, 0.25) is 0 Å². The highest BCUT2D eigenvalue weighted by Gasteiger charge is 2.23. The molecular weight excluding hydrogens is 732 g/mol. The molecule has 0 aromatic heterocycles. The topological polar surface area (TPSA) is 108 Å². The molecule has 0 saturated heterocycles. The van der Waals surface area contributed by atoms with E-state index >= 15 is 0 Å². The summed E-state index contributed by atoms with van der Waals surface area (Å²) in [6, 6.07) is -0.922. The molecule has 3 unspecified atom stereocenters. The number of phosphoric ester groups is 1. The molecule has 0 bridgehead atoms. The van der Waals surface area contributed by atoms with Crippen molar-refractivity contribution in [2.45, 2.75) is 135 Å². The van der Waals surface area contributed by atoms with Crippen LogP contribution in [0.3, 0.4) is 0 Å². The third-order valence-electron chi connectivity index (χ3n) is 8.43. The van der Waals surface area contributed by atoms with Crippen LogP contribution in [-0.4, -0.2) is 68.5 Å². The van der Waals surface area contributed by atoms with E-state index in [1.807, 2.05) is 27.2 Å². The number of nitrogens with zero attached hydrogens (tertiary/aromatic N) is 1. The van der Waals surface area contributed by atoms with Crippen molar-refractivity contribution >= 4 is 13.7 Å². The summed E-state index contributed by atoms with van der Waals surface area (Å²) < 4.78 is 23.0. The van der Waals surface area contributed by atoms with Gasteiger partial charge in [-0.15, -0.1) is 0 Å². The molecule has 0 radical (unpaired) electrons. The Balaban J connectivity index is 4.31. The second-order valence-electron chi connectivity index (χ2n) is 15.0. The second kappa shape index (κ2) is 38.4. The van der Waals surface area contributed by atoms with Crippen LogP contribution in [0.25, 0.3) is 0 Å². The summed E-state index contributed by atoms with van der Waals surface area (Å²) in [6.45, 7) is 4.35. The first-order valence-corrected chi connectivity index (χ1v) is 22.9. The van der Waals surface area contributed by atoms with Gasteiger partial charge in [-0.2, -0.15) is 0 Å². The number of phosphoric acid groups is 1. The summed E-state index contributed by atoms with van der Waals surface area (Å²) in [5.41, 5.74) is 0. The fraction of sp³-hybridized carbons (Fsp3) is 0.562. The van der Waals surface area contributed by atoms with Crippen molar-refractivity contribution in [3.8, 4) is 0 Å². The summed E-state index contributed by atoms with van der Waals surface area (Å²) in [5, 5.41) is 13.5. The van der Waals surface area contributed by atoms with Crippen LogP contribution in [0.4, 0.5) is 0 Å². The van der Waals surface area contributed by atoms with Crippen molar-refractivity contribution in [1.29, 1.82) is 0 Å². The van der Waals surface area contributed by atoms with Gasteiger partial charge >= 0.3 is 0 Å². The Hall–Kier alpha value is -3.10. The Labute approximate surface area is 348 Å².